The highest BCUT2D eigenvalue weighted by molar-refractivity contribution is 8.00. The summed E-state index contributed by atoms with van der Waals surface area (Å²) in [6.07, 6.45) is 3.70. The van der Waals surface area contributed by atoms with Gasteiger partial charge >= 0.3 is 0 Å². The number of halogens is 2. The molecular weight excluding hydrogens is 353 g/mol. The van der Waals surface area contributed by atoms with E-state index in [9.17, 15) is 4.79 Å². The number of carbonyl (C=O) groups excluding carboxylic acids is 1. The number of hydrogen-bond donors (Lipinski definition) is 1. The van der Waals surface area contributed by atoms with Crippen LogP contribution in [0.2, 0.25) is 10.0 Å². The van der Waals surface area contributed by atoms with E-state index in [4.69, 9.17) is 23.2 Å². The number of benzene rings is 1. The molecule has 0 radical (unpaired) electrons. The number of pyridine rings is 1. The topological polar surface area (TPSA) is 46.4 Å². The number of rotatable bonds is 4. The zero-order chi connectivity index (χ0) is 16.4. The summed E-state index contributed by atoms with van der Waals surface area (Å²) in [6, 6.07) is 11.0. The van der Waals surface area contributed by atoms with E-state index in [2.05, 4.69) is 10.3 Å². The molecule has 0 aliphatic carbocycles. The van der Waals surface area contributed by atoms with Gasteiger partial charge in [0, 0.05) is 6.20 Å². The van der Waals surface area contributed by atoms with Crippen LogP contribution in [-0.2, 0) is 4.79 Å². The van der Waals surface area contributed by atoms with Crippen LogP contribution >= 0.6 is 35.0 Å². The van der Waals surface area contributed by atoms with Gasteiger partial charge in [-0.1, -0.05) is 47.1 Å². The van der Waals surface area contributed by atoms with Crippen molar-refractivity contribution in [3.63, 3.8) is 0 Å². The molecule has 1 N–H and O–H groups in total. The normalized spacial score (nSPS) is 12.3. The Morgan fingerprint density at radius 1 is 1.26 bits per heavy atom. The molecule has 0 aliphatic rings. The quantitative estimate of drug-likeness (QED) is 0.677. The Bertz CT molecular complexity index is 865. The van der Waals surface area contributed by atoms with Gasteiger partial charge in [0.05, 0.1) is 32.7 Å². The molecule has 1 amide bonds. The summed E-state index contributed by atoms with van der Waals surface area (Å²) in [5, 5.41) is 3.97. The largest absolute Gasteiger partial charge is 0.324 e. The van der Waals surface area contributed by atoms with E-state index in [1.54, 1.807) is 24.4 Å². The molecule has 0 spiro atoms. The second kappa shape index (κ2) is 6.83. The third kappa shape index (κ3) is 3.47. The van der Waals surface area contributed by atoms with Crippen LogP contribution in [0, 0.1) is 0 Å². The smallest absolute Gasteiger partial charge is 0.237 e. The summed E-state index contributed by atoms with van der Waals surface area (Å²) in [6.45, 7) is 1.82. The van der Waals surface area contributed by atoms with Crippen LogP contribution in [0.15, 0.2) is 53.9 Å². The number of nitrogens with zero attached hydrogens (tertiary/aromatic N) is 2. The van der Waals surface area contributed by atoms with Crippen LogP contribution in [0.4, 0.5) is 5.69 Å². The monoisotopic (exact) mass is 365 g/mol. The number of carbonyl (C=O) groups is 1. The SMILES string of the molecule is CC(Sc1ncc2ccccn12)C(=O)Nc1cccc(Cl)c1Cl. The number of anilines is 1. The molecule has 23 heavy (non-hydrogen) atoms. The summed E-state index contributed by atoms with van der Waals surface area (Å²) in [7, 11) is 0. The third-order valence-corrected chi connectivity index (χ3v) is 5.17. The van der Waals surface area contributed by atoms with Gasteiger partial charge in [-0.05, 0) is 31.2 Å². The number of thioether (sulfide) groups is 1. The second-order valence-corrected chi connectivity index (χ2v) is 6.98. The zero-order valence-electron chi connectivity index (χ0n) is 12.2. The van der Waals surface area contributed by atoms with Gasteiger partial charge in [-0.15, -0.1) is 0 Å². The average Bonchev–Trinajstić information content (AvgIpc) is 2.95. The first-order chi connectivity index (χ1) is 11.1. The van der Waals surface area contributed by atoms with Gasteiger partial charge in [-0.3, -0.25) is 9.20 Å². The van der Waals surface area contributed by atoms with Gasteiger partial charge in [-0.2, -0.15) is 0 Å². The van der Waals surface area contributed by atoms with Gasteiger partial charge in [0.1, 0.15) is 0 Å². The van der Waals surface area contributed by atoms with Crippen molar-refractivity contribution in [3.05, 3.63) is 58.8 Å². The molecule has 2 heterocycles. The molecule has 0 saturated heterocycles. The summed E-state index contributed by atoms with van der Waals surface area (Å²) in [4.78, 5) is 16.7. The molecule has 0 fully saturated rings. The maximum absolute atomic E-state index is 12.4. The lowest BCUT2D eigenvalue weighted by Gasteiger charge is -2.12. The van der Waals surface area contributed by atoms with Crippen molar-refractivity contribution in [1.82, 2.24) is 9.38 Å². The fraction of sp³-hybridized carbons (Fsp3) is 0.125. The molecule has 118 valence electrons. The molecular formula is C16H13Cl2N3OS. The van der Waals surface area contributed by atoms with Crippen molar-refractivity contribution in [1.29, 1.82) is 0 Å². The first-order valence-corrected chi connectivity index (χ1v) is 8.53. The molecule has 0 bridgehead atoms. The van der Waals surface area contributed by atoms with Gasteiger partial charge in [0.2, 0.25) is 5.91 Å². The van der Waals surface area contributed by atoms with Gasteiger partial charge in [0.25, 0.3) is 0 Å². The van der Waals surface area contributed by atoms with E-state index in [0.29, 0.717) is 15.7 Å². The number of hydrogen-bond acceptors (Lipinski definition) is 3. The highest BCUT2D eigenvalue weighted by Crippen LogP contribution is 2.30. The van der Waals surface area contributed by atoms with Crippen LogP contribution in [0.1, 0.15) is 6.92 Å². The maximum Gasteiger partial charge on any atom is 0.237 e. The second-order valence-electron chi connectivity index (χ2n) is 4.89. The van der Waals surface area contributed by atoms with Crippen LogP contribution in [0.3, 0.4) is 0 Å². The fourth-order valence-electron chi connectivity index (χ4n) is 2.05. The van der Waals surface area contributed by atoms with Crippen LogP contribution in [0.5, 0.6) is 0 Å². The van der Waals surface area contributed by atoms with Crippen molar-refractivity contribution in [2.45, 2.75) is 17.3 Å². The van der Waals surface area contributed by atoms with E-state index in [-0.39, 0.29) is 11.2 Å². The Morgan fingerprint density at radius 3 is 2.91 bits per heavy atom. The number of fused-ring (bicyclic) bond motifs is 1. The van der Waals surface area contributed by atoms with Crippen LogP contribution in [0.25, 0.3) is 5.52 Å². The summed E-state index contributed by atoms with van der Waals surface area (Å²) in [5.41, 5.74) is 1.49. The number of aromatic nitrogens is 2. The Kier molecular flexibility index (Phi) is 4.80. The Morgan fingerprint density at radius 2 is 2.09 bits per heavy atom. The molecule has 0 saturated carbocycles. The molecule has 1 unspecified atom stereocenters. The first-order valence-electron chi connectivity index (χ1n) is 6.90. The zero-order valence-corrected chi connectivity index (χ0v) is 14.5. The van der Waals surface area contributed by atoms with Crippen LogP contribution in [-0.4, -0.2) is 20.5 Å². The van der Waals surface area contributed by atoms with Crippen molar-refractivity contribution < 1.29 is 4.79 Å². The molecule has 2 aromatic heterocycles. The van der Waals surface area contributed by atoms with Gasteiger partial charge in [-0.25, -0.2) is 4.98 Å². The number of imidazole rings is 1. The Balaban J connectivity index is 1.74. The lowest BCUT2D eigenvalue weighted by molar-refractivity contribution is -0.115. The van der Waals surface area contributed by atoms with E-state index in [1.807, 2.05) is 35.7 Å². The minimum absolute atomic E-state index is 0.160. The molecule has 3 aromatic rings. The van der Waals surface area contributed by atoms with E-state index in [0.717, 1.165) is 10.7 Å². The Hall–Kier alpha value is -1.69. The van der Waals surface area contributed by atoms with Crippen molar-refractivity contribution >= 4 is 52.1 Å². The molecule has 3 rings (SSSR count). The molecule has 1 atom stereocenters. The minimum Gasteiger partial charge on any atom is -0.324 e. The molecule has 1 aromatic carbocycles. The highest BCUT2D eigenvalue weighted by Gasteiger charge is 2.18. The standard InChI is InChI=1S/C16H13Cl2N3OS/c1-10(15(22)20-13-7-4-6-12(17)14(13)18)23-16-19-9-11-5-2-3-8-21(11)16/h2-10H,1H3,(H,20,22). The van der Waals surface area contributed by atoms with E-state index in [1.165, 1.54) is 11.8 Å². The lowest BCUT2D eigenvalue weighted by atomic mass is 10.3. The predicted octanol–water partition coefficient (Wildman–Crippen LogP) is 4.76. The maximum atomic E-state index is 12.4. The van der Waals surface area contributed by atoms with E-state index < -0.39 is 0 Å². The number of amides is 1. The summed E-state index contributed by atoms with van der Waals surface area (Å²) in [5.74, 6) is -0.160. The minimum atomic E-state index is -0.337. The summed E-state index contributed by atoms with van der Waals surface area (Å²) >= 11 is 13.4. The number of nitrogens with one attached hydrogen (secondary N) is 1. The lowest BCUT2D eigenvalue weighted by Crippen LogP contribution is -2.22. The first kappa shape index (κ1) is 16.2. The van der Waals surface area contributed by atoms with Gasteiger partial charge < -0.3 is 5.32 Å². The molecule has 4 nitrogen and oxygen atoms in total. The third-order valence-electron chi connectivity index (χ3n) is 3.27. The fourth-order valence-corrected chi connectivity index (χ4v) is 3.28. The van der Waals surface area contributed by atoms with Crippen molar-refractivity contribution in [2.24, 2.45) is 0 Å². The van der Waals surface area contributed by atoms with Crippen LogP contribution < -0.4 is 5.32 Å². The Labute approximate surface area is 147 Å². The van der Waals surface area contributed by atoms with Crippen molar-refractivity contribution in [2.75, 3.05) is 5.32 Å². The van der Waals surface area contributed by atoms with Gasteiger partial charge in [0.15, 0.2) is 5.16 Å². The molecule has 7 heteroatoms. The average molecular weight is 366 g/mol. The van der Waals surface area contributed by atoms with E-state index >= 15 is 0 Å². The molecule has 0 aliphatic heterocycles. The predicted molar refractivity (Wildman–Crippen MR) is 95.6 cm³/mol. The van der Waals surface area contributed by atoms with Crippen molar-refractivity contribution in [3.8, 4) is 0 Å². The summed E-state index contributed by atoms with van der Waals surface area (Å²) < 4.78 is 1.95. The highest BCUT2D eigenvalue weighted by atomic mass is 35.5.